The quantitative estimate of drug-likeness (QED) is 0.918. The molecule has 2 rings (SSSR count). The standard InChI is InChI=1S/C15H16F3N3O2/c1-10(2)19-14(22)13-6-7-21(20-13)9-23-12-5-3-4-11(8-12)15(16,17)18/h3-8,10H,9H2,1-2H3,(H,19,22). The molecular formula is C15H16F3N3O2. The van der Waals surface area contributed by atoms with Crippen LogP contribution in [0.1, 0.15) is 29.9 Å². The van der Waals surface area contributed by atoms with Crippen molar-refractivity contribution in [3.63, 3.8) is 0 Å². The number of nitrogens with one attached hydrogen (secondary N) is 1. The molecular weight excluding hydrogens is 311 g/mol. The van der Waals surface area contributed by atoms with E-state index in [1.54, 1.807) is 0 Å². The Bertz CT molecular complexity index is 681. The summed E-state index contributed by atoms with van der Waals surface area (Å²) in [6, 6.07) is 6.06. The molecule has 0 atom stereocenters. The Balaban J connectivity index is 1.99. The molecule has 124 valence electrons. The van der Waals surface area contributed by atoms with Gasteiger partial charge >= 0.3 is 6.18 Å². The van der Waals surface area contributed by atoms with Gasteiger partial charge < -0.3 is 10.1 Å². The highest BCUT2D eigenvalue weighted by molar-refractivity contribution is 5.92. The number of benzene rings is 1. The predicted octanol–water partition coefficient (Wildman–Crippen LogP) is 3.08. The number of hydrogen-bond acceptors (Lipinski definition) is 3. The van der Waals surface area contributed by atoms with Crippen LogP contribution >= 0.6 is 0 Å². The number of aromatic nitrogens is 2. The molecule has 2 aromatic rings. The maximum Gasteiger partial charge on any atom is 0.416 e. The fourth-order valence-electron chi connectivity index (χ4n) is 1.79. The molecule has 8 heteroatoms. The molecule has 5 nitrogen and oxygen atoms in total. The number of nitrogens with zero attached hydrogens (tertiary/aromatic N) is 2. The number of ether oxygens (including phenoxy) is 1. The van der Waals surface area contributed by atoms with Gasteiger partial charge in [-0.2, -0.15) is 18.3 Å². The number of carbonyl (C=O) groups excluding carboxylic acids is 1. The van der Waals surface area contributed by atoms with Crippen LogP contribution in [0.15, 0.2) is 36.5 Å². The normalized spacial score (nSPS) is 11.6. The van der Waals surface area contributed by atoms with Crippen molar-refractivity contribution in [1.82, 2.24) is 15.1 Å². The molecule has 0 saturated heterocycles. The number of hydrogen-bond donors (Lipinski definition) is 1. The van der Waals surface area contributed by atoms with Crippen LogP contribution in [-0.4, -0.2) is 21.7 Å². The topological polar surface area (TPSA) is 56.2 Å². The van der Waals surface area contributed by atoms with E-state index in [1.165, 1.54) is 29.1 Å². The average Bonchev–Trinajstić information content (AvgIpc) is 2.93. The van der Waals surface area contributed by atoms with Crippen LogP contribution in [-0.2, 0) is 12.9 Å². The molecule has 0 spiro atoms. The van der Waals surface area contributed by atoms with Crippen LogP contribution in [0.25, 0.3) is 0 Å². The zero-order valence-corrected chi connectivity index (χ0v) is 12.6. The van der Waals surface area contributed by atoms with Crippen molar-refractivity contribution in [2.75, 3.05) is 0 Å². The van der Waals surface area contributed by atoms with Gasteiger partial charge in [-0.1, -0.05) is 6.07 Å². The molecule has 1 heterocycles. The molecule has 1 aromatic heterocycles. The van der Waals surface area contributed by atoms with Gasteiger partial charge in [-0.3, -0.25) is 4.79 Å². The van der Waals surface area contributed by atoms with Crippen molar-refractivity contribution in [2.45, 2.75) is 32.8 Å². The van der Waals surface area contributed by atoms with E-state index < -0.39 is 11.7 Å². The third kappa shape index (κ3) is 4.73. The van der Waals surface area contributed by atoms with E-state index >= 15 is 0 Å². The minimum absolute atomic E-state index is 0.0194. The molecule has 0 bridgehead atoms. The zero-order chi connectivity index (χ0) is 17.0. The first-order valence-electron chi connectivity index (χ1n) is 6.90. The number of carbonyl (C=O) groups is 1. The summed E-state index contributed by atoms with van der Waals surface area (Å²) in [4.78, 5) is 11.7. The van der Waals surface area contributed by atoms with E-state index in [4.69, 9.17) is 4.74 Å². The fraction of sp³-hybridized carbons (Fsp3) is 0.333. The maximum atomic E-state index is 12.6. The van der Waals surface area contributed by atoms with Crippen LogP contribution in [0.5, 0.6) is 5.75 Å². The zero-order valence-electron chi connectivity index (χ0n) is 12.6. The third-order valence-corrected chi connectivity index (χ3v) is 2.82. The Morgan fingerprint density at radius 1 is 1.35 bits per heavy atom. The highest BCUT2D eigenvalue weighted by atomic mass is 19.4. The largest absolute Gasteiger partial charge is 0.471 e. The van der Waals surface area contributed by atoms with Gasteiger partial charge in [-0.15, -0.1) is 0 Å². The Morgan fingerprint density at radius 2 is 2.09 bits per heavy atom. The first-order chi connectivity index (χ1) is 10.8. The second kappa shape index (κ2) is 6.72. The van der Waals surface area contributed by atoms with Gasteiger partial charge in [0.1, 0.15) is 11.4 Å². The third-order valence-electron chi connectivity index (χ3n) is 2.82. The molecule has 0 unspecified atom stereocenters. The van der Waals surface area contributed by atoms with Crippen LogP contribution < -0.4 is 10.1 Å². The Hall–Kier alpha value is -2.51. The lowest BCUT2D eigenvalue weighted by atomic mass is 10.2. The SMILES string of the molecule is CC(C)NC(=O)c1ccn(COc2cccc(C(F)(F)F)c2)n1. The predicted molar refractivity (Wildman–Crippen MR) is 76.9 cm³/mol. The molecule has 0 aliphatic carbocycles. The lowest BCUT2D eigenvalue weighted by Crippen LogP contribution is -2.30. The summed E-state index contributed by atoms with van der Waals surface area (Å²) in [5.41, 5.74) is -0.571. The molecule has 0 fully saturated rings. The first kappa shape index (κ1) is 16.9. The van der Waals surface area contributed by atoms with Crippen LogP contribution in [0.4, 0.5) is 13.2 Å². The summed E-state index contributed by atoms with van der Waals surface area (Å²) in [7, 11) is 0. The number of halogens is 3. The molecule has 0 radical (unpaired) electrons. The van der Waals surface area contributed by atoms with Gasteiger partial charge in [0.2, 0.25) is 0 Å². The minimum Gasteiger partial charge on any atom is -0.471 e. The van der Waals surface area contributed by atoms with Gasteiger partial charge in [0.05, 0.1) is 5.56 Å². The minimum atomic E-state index is -4.42. The highest BCUT2D eigenvalue weighted by Gasteiger charge is 2.30. The Kier molecular flexibility index (Phi) is 4.92. The Morgan fingerprint density at radius 3 is 2.74 bits per heavy atom. The van der Waals surface area contributed by atoms with Gasteiger partial charge in [-0.05, 0) is 38.1 Å². The summed E-state index contributed by atoms with van der Waals surface area (Å²) < 4.78 is 44.4. The molecule has 1 amide bonds. The van der Waals surface area contributed by atoms with Gasteiger partial charge in [0, 0.05) is 12.2 Å². The summed E-state index contributed by atoms with van der Waals surface area (Å²) in [6.07, 6.45) is -2.91. The average molecular weight is 327 g/mol. The summed E-state index contributed by atoms with van der Waals surface area (Å²) in [5.74, 6) is -0.249. The Labute approximate surface area is 131 Å². The monoisotopic (exact) mass is 327 g/mol. The second-order valence-corrected chi connectivity index (χ2v) is 5.17. The highest BCUT2D eigenvalue weighted by Crippen LogP contribution is 2.31. The van der Waals surface area contributed by atoms with E-state index in [9.17, 15) is 18.0 Å². The number of rotatable bonds is 5. The number of amides is 1. The maximum absolute atomic E-state index is 12.6. The molecule has 0 aliphatic heterocycles. The smallest absolute Gasteiger partial charge is 0.416 e. The van der Waals surface area contributed by atoms with Crippen molar-refractivity contribution >= 4 is 5.91 Å². The lowest BCUT2D eigenvalue weighted by molar-refractivity contribution is -0.137. The van der Waals surface area contributed by atoms with Crippen LogP contribution in [0.2, 0.25) is 0 Å². The van der Waals surface area contributed by atoms with E-state index in [0.29, 0.717) is 0 Å². The van der Waals surface area contributed by atoms with Gasteiger partial charge in [0.15, 0.2) is 6.73 Å². The fourth-order valence-corrected chi connectivity index (χ4v) is 1.79. The van der Waals surface area contributed by atoms with E-state index in [2.05, 4.69) is 10.4 Å². The molecule has 1 N–H and O–H groups in total. The summed E-state index contributed by atoms with van der Waals surface area (Å²) in [5, 5.41) is 6.70. The molecule has 23 heavy (non-hydrogen) atoms. The van der Waals surface area contributed by atoms with Crippen molar-refractivity contribution in [2.24, 2.45) is 0 Å². The van der Waals surface area contributed by atoms with Crippen LogP contribution in [0, 0.1) is 0 Å². The van der Waals surface area contributed by atoms with Crippen LogP contribution in [0.3, 0.4) is 0 Å². The molecule has 0 saturated carbocycles. The first-order valence-corrected chi connectivity index (χ1v) is 6.90. The summed E-state index contributed by atoms with van der Waals surface area (Å²) >= 11 is 0. The number of alkyl halides is 3. The van der Waals surface area contributed by atoms with Crippen molar-refractivity contribution < 1.29 is 22.7 Å². The van der Waals surface area contributed by atoms with Crippen molar-refractivity contribution in [3.05, 3.63) is 47.8 Å². The second-order valence-electron chi connectivity index (χ2n) is 5.17. The van der Waals surface area contributed by atoms with Gasteiger partial charge in [0.25, 0.3) is 5.91 Å². The lowest BCUT2D eigenvalue weighted by Gasteiger charge is -2.10. The van der Waals surface area contributed by atoms with Crippen molar-refractivity contribution in [1.29, 1.82) is 0 Å². The van der Waals surface area contributed by atoms with E-state index in [0.717, 1.165) is 12.1 Å². The van der Waals surface area contributed by atoms with Crippen molar-refractivity contribution in [3.8, 4) is 5.75 Å². The van der Waals surface area contributed by atoms with E-state index in [1.807, 2.05) is 13.8 Å². The molecule has 0 aliphatic rings. The van der Waals surface area contributed by atoms with Gasteiger partial charge in [-0.25, -0.2) is 4.68 Å². The summed E-state index contributed by atoms with van der Waals surface area (Å²) in [6.45, 7) is 3.55. The van der Waals surface area contributed by atoms with E-state index in [-0.39, 0.29) is 30.1 Å². The molecule has 1 aromatic carbocycles.